The first-order valence-electron chi connectivity index (χ1n) is 15.5. The Kier molecular flexibility index (Phi) is 16.5. The number of nitrogens with two attached hydrogens (primary N) is 2. The molecule has 0 saturated heterocycles. The molecule has 0 aliphatic carbocycles. The van der Waals surface area contributed by atoms with Gasteiger partial charge in [0, 0.05) is 17.1 Å². The van der Waals surface area contributed by atoms with Gasteiger partial charge in [-0.05, 0) is 82.0 Å². The van der Waals surface area contributed by atoms with Crippen LogP contribution >= 0.6 is 11.6 Å². The van der Waals surface area contributed by atoms with E-state index < -0.39 is 72.9 Å². The Morgan fingerprint density at radius 2 is 1.29 bits per heavy atom. The Labute approximate surface area is 284 Å². The average molecular weight is 690 g/mol. The maximum absolute atomic E-state index is 13.1. The van der Waals surface area contributed by atoms with Crippen LogP contribution in [0.1, 0.15) is 50.4 Å². The summed E-state index contributed by atoms with van der Waals surface area (Å²) in [7, 11) is -1.82. The molecule has 0 radical (unpaired) electrons. The topological polar surface area (TPSA) is 258 Å². The highest BCUT2D eigenvalue weighted by Gasteiger charge is 2.32. The SMILES string of the molecule is CC(O)[C@H](NC(=O)[C@H](CN)NC(=O)c1ccc(-c2ccc(Cl)cc2)cc1)C(=O)N[C@@H](C)C(=O)N[C@@H](CCCCN)C(=O)N[C@@H](C)B(O)O. The molecular weight excluding hydrogens is 645 g/mol. The van der Waals surface area contributed by atoms with Crippen molar-refractivity contribution >= 4 is 48.3 Å². The van der Waals surface area contributed by atoms with Crippen molar-refractivity contribution in [1.82, 2.24) is 26.6 Å². The highest BCUT2D eigenvalue weighted by Crippen LogP contribution is 2.22. The van der Waals surface area contributed by atoms with E-state index in [1.54, 1.807) is 36.4 Å². The van der Waals surface area contributed by atoms with E-state index in [1.807, 2.05) is 12.1 Å². The average Bonchev–Trinajstić information content (AvgIpc) is 3.05. The number of rotatable bonds is 18. The lowest BCUT2D eigenvalue weighted by molar-refractivity contribution is -0.135. The second kappa shape index (κ2) is 19.7. The Morgan fingerprint density at radius 1 is 0.729 bits per heavy atom. The van der Waals surface area contributed by atoms with Gasteiger partial charge in [0.25, 0.3) is 5.91 Å². The predicted molar refractivity (Wildman–Crippen MR) is 181 cm³/mol. The van der Waals surface area contributed by atoms with Gasteiger partial charge in [0.2, 0.25) is 23.6 Å². The summed E-state index contributed by atoms with van der Waals surface area (Å²) in [5.74, 6) is -4.79. The molecular formula is C31H45BClN7O8. The number of hydrogen-bond donors (Lipinski definition) is 10. The third-order valence-electron chi connectivity index (χ3n) is 7.39. The molecule has 5 amide bonds. The molecule has 0 fully saturated rings. The van der Waals surface area contributed by atoms with Crippen LogP contribution in [0.25, 0.3) is 11.1 Å². The van der Waals surface area contributed by atoms with Crippen LogP contribution in [0.5, 0.6) is 0 Å². The molecule has 2 aromatic rings. The van der Waals surface area contributed by atoms with Crippen LogP contribution in [0.2, 0.25) is 5.02 Å². The van der Waals surface area contributed by atoms with Gasteiger partial charge in [0.1, 0.15) is 24.2 Å². The van der Waals surface area contributed by atoms with Gasteiger partial charge in [-0.25, -0.2) is 0 Å². The molecule has 17 heteroatoms. The summed E-state index contributed by atoms with van der Waals surface area (Å²) < 4.78 is 0. The van der Waals surface area contributed by atoms with E-state index in [9.17, 15) is 39.1 Å². The summed E-state index contributed by atoms with van der Waals surface area (Å²) in [6, 6.07) is 8.68. The van der Waals surface area contributed by atoms with Gasteiger partial charge in [-0.15, -0.1) is 0 Å². The van der Waals surface area contributed by atoms with Crippen LogP contribution in [0.3, 0.4) is 0 Å². The van der Waals surface area contributed by atoms with E-state index >= 15 is 0 Å². The number of aliphatic hydroxyl groups is 1. The number of nitrogens with one attached hydrogen (secondary N) is 5. The molecule has 6 atom stereocenters. The van der Waals surface area contributed by atoms with Crippen LogP contribution in [0.15, 0.2) is 48.5 Å². The molecule has 48 heavy (non-hydrogen) atoms. The molecule has 0 spiro atoms. The van der Waals surface area contributed by atoms with E-state index in [-0.39, 0.29) is 18.5 Å². The first-order chi connectivity index (χ1) is 22.7. The van der Waals surface area contributed by atoms with Crippen LogP contribution in [-0.4, -0.2) is 101 Å². The first kappa shape index (κ1) is 40.1. The van der Waals surface area contributed by atoms with Crippen molar-refractivity contribution in [2.24, 2.45) is 11.5 Å². The molecule has 15 nitrogen and oxygen atoms in total. The Morgan fingerprint density at radius 3 is 1.81 bits per heavy atom. The molecule has 2 aromatic carbocycles. The van der Waals surface area contributed by atoms with Gasteiger partial charge in [-0.2, -0.15) is 0 Å². The summed E-state index contributed by atoms with van der Waals surface area (Å²) in [4.78, 5) is 64.7. The van der Waals surface area contributed by atoms with Crippen LogP contribution in [-0.2, 0) is 19.2 Å². The van der Waals surface area contributed by atoms with Crippen molar-refractivity contribution in [1.29, 1.82) is 0 Å². The number of carbonyl (C=O) groups excluding carboxylic acids is 5. The van der Waals surface area contributed by atoms with Crippen molar-refractivity contribution < 1.29 is 39.1 Å². The van der Waals surface area contributed by atoms with Crippen LogP contribution < -0.4 is 38.1 Å². The van der Waals surface area contributed by atoms with Gasteiger partial charge < -0.3 is 53.2 Å². The van der Waals surface area contributed by atoms with Crippen LogP contribution in [0, 0.1) is 0 Å². The summed E-state index contributed by atoms with van der Waals surface area (Å²) in [5, 5.41) is 41.7. The van der Waals surface area contributed by atoms with E-state index in [1.165, 1.54) is 20.8 Å². The van der Waals surface area contributed by atoms with Gasteiger partial charge in [-0.1, -0.05) is 35.9 Å². The third-order valence-corrected chi connectivity index (χ3v) is 7.65. The third kappa shape index (κ3) is 12.5. The fraction of sp³-hybridized carbons (Fsp3) is 0.452. The number of aliphatic hydroxyl groups excluding tert-OH is 1. The van der Waals surface area contributed by atoms with Crippen molar-refractivity contribution in [3.8, 4) is 11.1 Å². The largest absolute Gasteiger partial charge is 0.475 e. The van der Waals surface area contributed by atoms with E-state index in [0.29, 0.717) is 24.4 Å². The summed E-state index contributed by atoms with van der Waals surface area (Å²) in [5.41, 5.74) is 13.3. The molecule has 1 unspecified atom stereocenters. The van der Waals surface area contributed by atoms with Crippen molar-refractivity contribution in [2.75, 3.05) is 13.1 Å². The monoisotopic (exact) mass is 689 g/mol. The smallest absolute Gasteiger partial charge is 0.426 e. The molecule has 0 aliphatic rings. The zero-order valence-electron chi connectivity index (χ0n) is 27.1. The Bertz CT molecular complexity index is 1380. The van der Waals surface area contributed by atoms with Gasteiger partial charge >= 0.3 is 7.12 Å². The second-order valence-electron chi connectivity index (χ2n) is 11.4. The minimum absolute atomic E-state index is 0.189. The predicted octanol–water partition coefficient (Wildman–Crippen LogP) is -1.44. The highest BCUT2D eigenvalue weighted by molar-refractivity contribution is 6.43. The molecule has 0 saturated carbocycles. The minimum atomic E-state index is -1.82. The quantitative estimate of drug-likeness (QED) is 0.0644. The molecule has 0 heterocycles. The van der Waals surface area contributed by atoms with Gasteiger partial charge in [0.15, 0.2) is 0 Å². The molecule has 262 valence electrons. The number of carbonyl (C=O) groups is 5. The van der Waals surface area contributed by atoms with Crippen molar-refractivity contribution in [3.63, 3.8) is 0 Å². The summed E-state index contributed by atoms with van der Waals surface area (Å²) in [6.45, 7) is 3.99. The van der Waals surface area contributed by atoms with E-state index in [2.05, 4.69) is 26.6 Å². The van der Waals surface area contributed by atoms with Gasteiger partial charge in [0.05, 0.1) is 12.0 Å². The van der Waals surface area contributed by atoms with Crippen molar-refractivity contribution in [3.05, 3.63) is 59.1 Å². The lowest BCUT2D eigenvalue weighted by atomic mass is 9.81. The molecule has 2 rings (SSSR count). The summed E-state index contributed by atoms with van der Waals surface area (Å²) >= 11 is 5.94. The molecule has 0 bridgehead atoms. The van der Waals surface area contributed by atoms with Crippen molar-refractivity contribution in [2.45, 2.75) is 76.2 Å². The zero-order valence-corrected chi connectivity index (χ0v) is 27.9. The molecule has 0 aliphatic heterocycles. The maximum atomic E-state index is 13.1. The standard InChI is InChI=1S/C31H45BClN7O8/c1-17(27(42)38-24(6-4-5-15-34)29(44)37-19(3)32(47)48)36-31(46)26(18(2)41)40-30(45)25(16-35)39-28(43)22-9-7-20(8-10-22)21-11-13-23(33)14-12-21/h7-14,17-19,24-26,41,47-48H,4-6,15-16,34-35H2,1-3H3,(H,36,46)(H,37,44)(H,38,42)(H,39,43)(H,40,45)/t17-,18?,19-,24-,25-,26-/m0/s1. The number of hydrogen-bond acceptors (Lipinski definition) is 10. The second-order valence-corrected chi connectivity index (χ2v) is 11.8. The highest BCUT2D eigenvalue weighted by atomic mass is 35.5. The lowest BCUT2D eigenvalue weighted by Gasteiger charge is -2.26. The number of benzene rings is 2. The van der Waals surface area contributed by atoms with E-state index in [4.69, 9.17) is 23.1 Å². The first-order valence-corrected chi connectivity index (χ1v) is 15.9. The fourth-order valence-corrected chi connectivity index (χ4v) is 4.54. The summed E-state index contributed by atoms with van der Waals surface area (Å²) in [6.07, 6.45) is -0.176. The van der Waals surface area contributed by atoms with E-state index in [0.717, 1.165) is 11.1 Å². The number of amides is 5. The number of unbranched alkanes of at least 4 members (excludes halogenated alkanes) is 1. The fourth-order valence-electron chi connectivity index (χ4n) is 4.42. The molecule has 0 aromatic heterocycles. The molecule has 12 N–H and O–H groups in total. The Hall–Kier alpha value is -4.06. The number of halogens is 1. The van der Waals surface area contributed by atoms with Gasteiger partial charge in [-0.3, -0.25) is 24.0 Å². The Balaban J connectivity index is 2.03. The van der Waals surface area contributed by atoms with Crippen LogP contribution in [0.4, 0.5) is 0 Å². The maximum Gasteiger partial charge on any atom is 0.475 e. The normalized spacial score (nSPS) is 14.7. The zero-order chi connectivity index (χ0) is 36.0. The minimum Gasteiger partial charge on any atom is -0.426 e. The lowest BCUT2D eigenvalue weighted by Crippen LogP contribution is -2.61.